The highest BCUT2D eigenvalue weighted by Gasteiger charge is 2.09. The molecular formula is C12H14N2O4. The van der Waals surface area contributed by atoms with Crippen LogP contribution in [0.5, 0.6) is 11.5 Å². The molecule has 2 rings (SSSR count). The van der Waals surface area contributed by atoms with Crippen molar-refractivity contribution in [2.24, 2.45) is 0 Å². The molecule has 6 heteroatoms. The Hall–Kier alpha value is -2.08. The molecular weight excluding hydrogens is 236 g/mol. The molecule has 0 saturated carbocycles. The van der Waals surface area contributed by atoms with Gasteiger partial charge in [-0.25, -0.2) is 0 Å². The van der Waals surface area contributed by atoms with Gasteiger partial charge in [-0.05, 0) is 17.7 Å². The zero-order valence-electron chi connectivity index (χ0n) is 10.2. The van der Waals surface area contributed by atoms with Crippen LogP contribution in [0, 0.1) is 0 Å². The summed E-state index contributed by atoms with van der Waals surface area (Å²) in [5.74, 6) is 2.05. The molecule has 0 saturated heterocycles. The van der Waals surface area contributed by atoms with Crippen LogP contribution in [0.2, 0.25) is 0 Å². The number of aliphatic hydroxyl groups is 1. The van der Waals surface area contributed by atoms with E-state index in [-0.39, 0.29) is 12.4 Å². The van der Waals surface area contributed by atoms with Crippen LogP contribution in [0.4, 0.5) is 0 Å². The smallest absolute Gasteiger partial charge is 0.231 e. The molecule has 1 aromatic heterocycles. The maximum Gasteiger partial charge on any atom is 0.231 e. The second-order valence-corrected chi connectivity index (χ2v) is 3.63. The number of benzene rings is 1. The lowest BCUT2D eigenvalue weighted by Crippen LogP contribution is -1.94. The molecule has 1 heterocycles. The predicted molar refractivity (Wildman–Crippen MR) is 62.6 cm³/mol. The van der Waals surface area contributed by atoms with Crippen molar-refractivity contribution in [3.63, 3.8) is 0 Å². The third-order valence-corrected chi connectivity index (χ3v) is 2.45. The van der Waals surface area contributed by atoms with Crippen LogP contribution in [0.25, 0.3) is 0 Å². The van der Waals surface area contributed by atoms with Gasteiger partial charge in [0.1, 0.15) is 6.61 Å². The van der Waals surface area contributed by atoms with E-state index in [2.05, 4.69) is 10.1 Å². The van der Waals surface area contributed by atoms with E-state index in [0.717, 1.165) is 5.56 Å². The minimum absolute atomic E-state index is 0.227. The van der Waals surface area contributed by atoms with Gasteiger partial charge >= 0.3 is 0 Å². The minimum Gasteiger partial charge on any atom is -0.493 e. The van der Waals surface area contributed by atoms with Crippen molar-refractivity contribution in [2.75, 3.05) is 14.2 Å². The maximum atomic E-state index is 8.85. The Bertz CT molecular complexity index is 525. The number of hydrogen-bond acceptors (Lipinski definition) is 6. The summed E-state index contributed by atoms with van der Waals surface area (Å²) in [5.41, 5.74) is 0.959. The summed E-state index contributed by atoms with van der Waals surface area (Å²) in [4.78, 5) is 4.02. The first-order valence-electron chi connectivity index (χ1n) is 5.40. The first kappa shape index (κ1) is 12.4. The Kier molecular flexibility index (Phi) is 3.78. The van der Waals surface area contributed by atoms with Crippen molar-refractivity contribution < 1.29 is 19.1 Å². The van der Waals surface area contributed by atoms with Crippen LogP contribution in [0.15, 0.2) is 22.7 Å². The van der Waals surface area contributed by atoms with Gasteiger partial charge in [0.15, 0.2) is 17.3 Å². The van der Waals surface area contributed by atoms with Crippen LogP contribution in [0.3, 0.4) is 0 Å². The van der Waals surface area contributed by atoms with Crippen LogP contribution in [0.1, 0.15) is 17.3 Å². The Morgan fingerprint density at radius 3 is 2.61 bits per heavy atom. The summed E-state index contributed by atoms with van der Waals surface area (Å²) >= 11 is 0. The molecule has 0 aliphatic carbocycles. The first-order chi connectivity index (χ1) is 8.76. The lowest BCUT2D eigenvalue weighted by molar-refractivity contribution is 0.263. The lowest BCUT2D eigenvalue weighted by atomic mass is 10.1. The highest BCUT2D eigenvalue weighted by atomic mass is 16.5. The van der Waals surface area contributed by atoms with Crippen molar-refractivity contribution in [3.05, 3.63) is 35.5 Å². The molecule has 0 spiro atoms. The topological polar surface area (TPSA) is 77.6 Å². The summed E-state index contributed by atoms with van der Waals surface area (Å²) in [5, 5.41) is 12.5. The number of aliphatic hydroxyl groups excluding tert-OH is 1. The molecule has 0 aliphatic heterocycles. The maximum absolute atomic E-state index is 8.85. The van der Waals surface area contributed by atoms with Crippen molar-refractivity contribution >= 4 is 0 Å². The van der Waals surface area contributed by atoms with Crippen LogP contribution < -0.4 is 9.47 Å². The SMILES string of the molecule is COc1ccc(Cc2nc(CO)no2)cc1OC. The Balaban J connectivity index is 2.18. The van der Waals surface area contributed by atoms with Gasteiger partial charge in [-0.15, -0.1) is 0 Å². The van der Waals surface area contributed by atoms with Gasteiger partial charge in [0.2, 0.25) is 5.89 Å². The van der Waals surface area contributed by atoms with Gasteiger partial charge in [-0.3, -0.25) is 0 Å². The third-order valence-electron chi connectivity index (χ3n) is 2.45. The average Bonchev–Trinajstić information content (AvgIpc) is 2.86. The zero-order chi connectivity index (χ0) is 13.0. The van der Waals surface area contributed by atoms with E-state index in [1.54, 1.807) is 14.2 Å². The summed E-state index contributed by atoms with van der Waals surface area (Å²) in [6, 6.07) is 5.56. The first-order valence-corrected chi connectivity index (χ1v) is 5.40. The van der Waals surface area contributed by atoms with Crippen LogP contribution in [-0.4, -0.2) is 29.5 Å². The number of nitrogens with zero attached hydrogens (tertiary/aromatic N) is 2. The second kappa shape index (κ2) is 5.50. The molecule has 0 amide bonds. The zero-order valence-corrected chi connectivity index (χ0v) is 10.2. The molecule has 1 N–H and O–H groups in total. The van der Waals surface area contributed by atoms with E-state index in [0.29, 0.717) is 23.8 Å². The Labute approximate surface area is 104 Å². The van der Waals surface area contributed by atoms with Gasteiger partial charge in [-0.2, -0.15) is 4.98 Å². The third kappa shape index (κ3) is 2.60. The van der Waals surface area contributed by atoms with E-state index in [1.165, 1.54) is 0 Å². The van der Waals surface area contributed by atoms with Gasteiger partial charge in [0.25, 0.3) is 0 Å². The molecule has 18 heavy (non-hydrogen) atoms. The number of ether oxygens (including phenoxy) is 2. The second-order valence-electron chi connectivity index (χ2n) is 3.63. The van der Waals surface area contributed by atoms with E-state index >= 15 is 0 Å². The average molecular weight is 250 g/mol. The Morgan fingerprint density at radius 1 is 1.22 bits per heavy atom. The fourth-order valence-corrected chi connectivity index (χ4v) is 1.59. The molecule has 0 bridgehead atoms. The normalized spacial score (nSPS) is 10.4. The molecule has 0 radical (unpaired) electrons. The molecule has 6 nitrogen and oxygen atoms in total. The van der Waals surface area contributed by atoms with E-state index in [9.17, 15) is 0 Å². The molecule has 1 aromatic carbocycles. The number of aromatic nitrogens is 2. The Morgan fingerprint density at radius 2 is 2.00 bits per heavy atom. The largest absolute Gasteiger partial charge is 0.493 e. The van der Waals surface area contributed by atoms with Crippen molar-refractivity contribution in [1.82, 2.24) is 10.1 Å². The molecule has 0 aliphatic rings. The molecule has 2 aromatic rings. The fourth-order valence-electron chi connectivity index (χ4n) is 1.59. The van der Waals surface area contributed by atoms with Gasteiger partial charge in [0, 0.05) is 0 Å². The van der Waals surface area contributed by atoms with Gasteiger partial charge < -0.3 is 19.1 Å². The number of rotatable bonds is 5. The molecule has 0 atom stereocenters. The summed E-state index contributed by atoms with van der Waals surface area (Å²) in [6.07, 6.45) is 0.480. The predicted octanol–water partition coefficient (Wildman–Crippen LogP) is 1.17. The summed E-state index contributed by atoms with van der Waals surface area (Å²) < 4.78 is 15.4. The van der Waals surface area contributed by atoms with Crippen LogP contribution >= 0.6 is 0 Å². The summed E-state index contributed by atoms with van der Waals surface area (Å²) in [7, 11) is 3.17. The minimum atomic E-state index is -0.227. The van der Waals surface area contributed by atoms with Crippen molar-refractivity contribution in [2.45, 2.75) is 13.0 Å². The number of hydrogen-bond donors (Lipinski definition) is 1. The van der Waals surface area contributed by atoms with Crippen LogP contribution in [-0.2, 0) is 13.0 Å². The molecule has 0 fully saturated rings. The monoisotopic (exact) mass is 250 g/mol. The summed E-state index contributed by atoms with van der Waals surface area (Å²) in [6.45, 7) is -0.227. The number of methoxy groups -OCH3 is 2. The van der Waals surface area contributed by atoms with Gasteiger partial charge in [-0.1, -0.05) is 11.2 Å². The highest BCUT2D eigenvalue weighted by molar-refractivity contribution is 5.43. The van der Waals surface area contributed by atoms with E-state index in [1.807, 2.05) is 18.2 Å². The quantitative estimate of drug-likeness (QED) is 0.858. The van der Waals surface area contributed by atoms with E-state index < -0.39 is 0 Å². The highest BCUT2D eigenvalue weighted by Crippen LogP contribution is 2.28. The molecule has 96 valence electrons. The van der Waals surface area contributed by atoms with Gasteiger partial charge in [0.05, 0.1) is 20.6 Å². The van der Waals surface area contributed by atoms with E-state index in [4.69, 9.17) is 19.1 Å². The van der Waals surface area contributed by atoms with Crippen molar-refractivity contribution in [3.8, 4) is 11.5 Å². The lowest BCUT2D eigenvalue weighted by Gasteiger charge is -2.08. The van der Waals surface area contributed by atoms with Crippen molar-refractivity contribution in [1.29, 1.82) is 0 Å². The fraction of sp³-hybridized carbons (Fsp3) is 0.333. The molecule has 0 unspecified atom stereocenters. The standard InChI is InChI=1S/C12H14N2O4/c1-16-9-4-3-8(5-10(9)17-2)6-12-13-11(7-15)14-18-12/h3-5,15H,6-7H2,1-2H3.